The summed E-state index contributed by atoms with van der Waals surface area (Å²) in [4.78, 5) is 16.1. The molecule has 134 valence electrons. The van der Waals surface area contributed by atoms with Crippen LogP contribution in [-0.4, -0.2) is 38.0 Å². The molecule has 0 aliphatic heterocycles. The van der Waals surface area contributed by atoms with Crippen LogP contribution in [0.4, 0.5) is 20.2 Å². The molecule has 0 atom stereocenters. The highest BCUT2D eigenvalue weighted by Gasteiger charge is 2.15. The summed E-state index contributed by atoms with van der Waals surface area (Å²) in [6.45, 7) is 3.20. The molecule has 0 heterocycles. The third kappa shape index (κ3) is 5.26. The Hall–Kier alpha value is -2.47. The Morgan fingerprint density at radius 2 is 1.72 bits per heavy atom. The van der Waals surface area contributed by atoms with E-state index in [1.54, 1.807) is 0 Å². The number of carbonyl (C=O) groups excluding carboxylic acids is 1. The summed E-state index contributed by atoms with van der Waals surface area (Å²) in [5, 5.41) is 2.32. The maximum atomic E-state index is 13.6. The predicted molar refractivity (Wildman–Crippen MR) is 96.7 cm³/mol. The molecule has 6 heteroatoms. The van der Waals surface area contributed by atoms with Gasteiger partial charge in [0, 0.05) is 26.3 Å². The predicted octanol–water partition coefficient (Wildman–Crippen LogP) is 3.49. The zero-order valence-electron chi connectivity index (χ0n) is 14.7. The summed E-state index contributed by atoms with van der Waals surface area (Å²) in [6, 6.07) is 11.5. The smallest absolute Gasteiger partial charge is 0.238 e. The van der Waals surface area contributed by atoms with Gasteiger partial charge in [0.25, 0.3) is 0 Å². The number of para-hydroxylation sites is 1. The van der Waals surface area contributed by atoms with E-state index in [0.717, 1.165) is 23.4 Å². The van der Waals surface area contributed by atoms with E-state index in [4.69, 9.17) is 0 Å². The summed E-state index contributed by atoms with van der Waals surface area (Å²) >= 11 is 0. The zero-order chi connectivity index (χ0) is 18.4. The van der Waals surface area contributed by atoms with E-state index in [-0.39, 0.29) is 6.54 Å². The van der Waals surface area contributed by atoms with Crippen LogP contribution in [0.2, 0.25) is 0 Å². The van der Waals surface area contributed by atoms with Crippen molar-refractivity contribution < 1.29 is 13.6 Å². The van der Waals surface area contributed by atoms with Crippen LogP contribution in [0.3, 0.4) is 0 Å². The van der Waals surface area contributed by atoms with Crippen molar-refractivity contribution in [1.29, 1.82) is 0 Å². The van der Waals surface area contributed by atoms with Crippen molar-refractivity contribution in [3.63, 3.8) is 0 Å². The van der Waals surface area contributed by atoms with Gasteiger partial charge in [0.1, 0.15) is 17.3 Å². The van der Waals surface area contributed by atoms with Gasteiger partial charge in [0.05, 0.1) is 6.54 Å². The first-order valence-corrected chi connectivity index (χ1v) is 8.13. The summed E-state index contributed by atoms with van der Waals surface area (Å²) in [5.41, 5.74) is 1.74. The molecule has 2 aromatic carbocycles. The Morgan fingerprint density at radius 3 is 2.32 bits per heavy atom. The average molecular weight is 347 g/mol. The second-order valence-electron chi connectivity index (χ2n) is 6.01. The van der Waals surface area contributed by atoms with Crippen molar-refractivity contribution >= 4 is 17.3 Å². The van der Waals surface area contributed by atoms with E-state index in [1.807, 2.05) is 49.0 Å². The largest absolute Gasteiger partial charge is 0.378 e. The number of anilines is 2. The van der Waals surface area contributed by atoms with Crippen LogP contribution >= 0.6 is 0 Å². The van der Waals surface area contributed by atoms with Crippen molar-refractivity contribution in [2.45, 2.75) is 13.5 Å². The first kappa shape index (κ1) is 18.9. The number of benzene rings is 2. The van der Waals surface area contributed by atoms with E-state index >= 15 is 0 Å². The fraction of sp³-hybridized carbons (Fsp3) is 0.316. The number of amides is 1. The van der Waals surface area contributed by atoms with Gasteiger partial charge < -0.3 is 10.2 Å². The van der Waals surface area contributed by atoms with Crippen molar-refractivity contribution in [3.8, 4) is 0 Å². The lowest BCUT2D eigenvalue weighted by atomic mass is 10.1. The highest BCUT2D eigenvalue weighted by atomic mass is 19.1. The summed E-state index contributed by atoms with van der Waals surface area (Å²) in [6.07, 6.45) is 0. The lowest BCUT2D eigenvalue weighted by Gasteiger charge is -2.21. The van der Waals surface area contributed by atoms with E-state index < -0.39 is 23.2 Å². The maximum Gasteiger partial charge on any atom is 0.238 e. The minimum Gasteiger partial charge on any atom is -0.378 e. The lowest BCUT2D eigenvalue weighted by molar-refractivity contribution is -0.117. The second-order valence-corrected chi connectivity index (χ2v) is 6.01. The number of nitrogens with zero attached hydrogens (tertiary/aromatic N) is 2. The number of nitrogens with one attached hydrogen (secondary N) is 1. The standard InChI is InChI=1S/C19H23F2N3O/c1-4-24(12-14-7-5-8-15(11-14)23(2)3)13-18(25)22-19-16(20)9-6-10-17(19)21/h5-11H,4,12-13H2,1-3H3,(H,22,25). The van der Waals surface area contributed by atoms with Gasteiger partial charge in [-0.15, -0.1) is 0 Å². The molecule has 0 saturated heterocycles. The molecule has 0 unspecified atom stereocenters. The lowest BCUT2D eigenvalue weighted by Crippen LogP contribution is -2.33. The van der Waals surface area contributed by atoms with Gasteiger partial charge in [-0.3, -0.25) is 9.69 Å². The zero-order valence-corrected chi connectivity index (χ0v) is 14.7. The quantitative estimate of drug-likeness (QED) is 0.833. The Labute approximate surface area is 147 Å². The van der Waals surface area contributed by atoms with E-state index in [0.29, 0.717) is 13.1 Å². The number of hydrogen-bond donors (Lipinski definition) is 1. The molecule has 0 aromatic heterocycles. The molecule has 4 nitrogen and oxygen atoms in total. The van der Waals surface area contributed by atoms with Gasteiger partial charge in [-0.25, -0.2) is 8.78 Å². The van der Waals surface area contributed by atoms with Crippen LogP contribution in [0.25, 0.3) is 0 Å². The van der Waals surface area contributed by atoms with E-state index in [1.165, 1.54) is 6.07 Å². The van der Waals surface area contributed by atoms with Gasteiger partial charge in [-0.05, 0) is 36.4 Å². The molecule has 0 bridgehead atoms. The third-order valence-corrected chi connectivity index (χ3v) is 3.87. The Bertz CT molecular complexity index is 714. The molecule has 0 aliphatic carbocycles. The van der Waals surface area contributed by atoms with Crippen molar-refractivity contribution in [1.82, 2.24) is 4.90 Å². The number of halogens is 2. The molecule has 0 spiro atoms. The SMILES string of the molecule is CCN(CC(=O)Nc1c(F)cccc1F)Cc1cccc(N(C)C)c1. The topological polar surface area (TPSA) is 35.6 Å². The van der Waals surface area contributed by atoms with Crippen LogP contribution < -0.4 is 10.2 Å². The Morgan fingerprint density at radius 1 is 1.08 bits per heavy atom. The fourth-order valence-corrected chi connectivity index (χ4v) is 2.47. The third-order valence-electron chi connectivity index (χ3n) is 3.87. The van der Waals surface area contributed by atoms with Crippen LogP contribution in [0.15, 0.2) is 42.5 Å². The van der Waals surface area contributed by atoms with E-state index in [9.17, 15) is 13.6 Å². The van der Waals surface area contributed by atoms with Gasteiger partial charge in [0.2, 0.25) is 5.91 Å². The van der Waals surface area contributed by atoms with Crippen LogP contribution in [0.5, 0.6) is 0 Å². The molecule has 0 radical (unpaired) electrons. The first-order chi connectivity index (χ1) is 11.9. The minimum absolute atomic E-state index is 0.0520. The van der Waals surface area contributed by atoms with Crippen LogP contribution in [0, 0.1) is 11.6 Å². The number of carbonyl (C=O) groups is 1. The molecule has 2 aromatic rings. The molecular formula is C19H23F2N3O. The van der Waals surface area contributed by atoms with Gasteiger partial charge in [-0.2, -0.15) is 0 Å². The Kier molecular flexibility index (Phi) is 6.47. The molecule has 1 amide bonds. The average Bonchev–Trinajstić information content (AvgIpc) is 2.58. The van der Waals surface area contributed by atoms with Crippen molar-refractivity contribution in [2.24, 2.45) is 0 Å². The molecule has 2 rings (SSSR count). The fourth-order valence-electron chi connectivity index (χ4n) is 2.47. The second kappa shape index (κ2) is 8.58. The van der Waals surface area contributed by atoms with Crippen LogP contribution in [-0.2, 0) is 11.3 Å². The molecule has 0 aliphatic rings. The Balaban J connectivity index is 2.02. The number of rotatable bonds is 7. The molecule has 25 heavy (non-hydrogen) atoms. The monoisotopic (exact) mass is 347 g/mol. The molecular weight excluding hydrogens is 324 g/mol. The van der Waals surface area contributed by atoms with Crippen molar-refractivity contribution in [3.05, 3.63) is 59.7 Å². The highest BCUT2D eigenvalue weighted by Crippen LogP contribution is 2.18. The van der Waals surface area contributed by atoms with Gasteiger partial charge in [-0.1, -0.05) is 25.1 Å². The molecule has 0 fully saturated rings. The number of likely N-dealkylation sites (N-methyl/N-ethyl adjacent to an activating group) is 1. The maximum absolute atomic E-state index is 13.6. The van der Waals surface area contributed by atoms with Gasteiger partial charge >= 0.3 is 0 Å². The van der Waals surface area contributed by atoms with Crippen molar-refractivity contribution in [2.75, 3.05) is 37.4 Å². The molecule has 0 saturated carbocycles. The minimum atomic E-state index is -0.782. The molecule has 1 N–H and O–H groups in total. The summed E-state index contributed by atoms with van der Waals surface area (Å²) in [7, 11) is 3.93. The number of hydrogen-bond acceptors (Lipinski definition) is 3. The summed E-state index contributed by atoms with van der Waals surface area (Å²) < 4.78 is 27.2. The summed E-state index contributed by atoms with van der Waals surface area (Å²) in [5.74, 6) is -2.01. The highest BCUT2D eigenvalue weighted by molar-refractivity contribution is 5.92. The van der Waals surface area contributed by atoms with Gasteiger partial charge in [0.15, 0.2) is 0 Å². The van der Waals surface area contributed by atoms with E-state index in [2.05, 4.69) is 11.4 Å². The first-order valence-electron chi connectivity index (χ1n) is 8.13. The van der Waals surface area contributed by atoms with Crippen LogP contribution in [0.1, 0.15) is 12.5 Å². The normalized spacial score (nSPS) is 10.8.